The Kier molecular flexibility index (Phi) is 9.07. The molecule has 1 N–H and O–H groups in total. The number of hydrogen-bond acceptors (Lipinski definition) is 10. The summed E-state index contributed by atoms with van der Waals surface area (Å²) in [6.45, 7) is 3.35. The Bertz CT molecular complexity index is 1310. The number of benzene rings is 2. The summed E-state index contributed by atoms with van der Waals surface area (Å²) in [5, 5.41) is 8.27. The molecule has 13 heteroatoms. The van der Waals surface area contributed by atoms with Crippen molar-refractivity contribution in [1.82, 2.24) is 9.17 Å². The quantitative estimate of drug-likeness (QED) is 0.186. The zero-order chi connectivity index (χ0) is 25.3. The van der Waals surface area contributed by atoms with Crippen LogP contribution in [0.4, 0.5) is 5.69 Å². The molecule has 2 aromatic carbocycles. The van der Waals surface area contributed by atoms with Crippen LogP contribution in [-0.4, -0.2) is 46.9 Å². The van der Waals surface area contributed by atoms with E-state index in [9.17, 15) is 14.2 Å². The Morgan fingerprint density at radius 2 is 1.66 bits per heavy atom. The number of nitrogens with zero attached hydrogens (tertiary/aromatic N) is 4. The Morgan fingerprint density at radius 3 is 2.26 bits per heavy atom. The maximum absolute atomic E-state index is 13.8. The van der Waals surface area contributed by atoms with E-state index >= 15 is 0 Å². The topological polar surface area (TPSA) is 133 Å². The van der Waals surface area contributed by atoms with Crippen molar-refractivity contribution in [3.05, 3.63) is 71.0 Å². The summed E-state index contributed by atoms with van der Waals surface area (Å²) in [4.78, 5) is 25.3. The molecule has 0 saturated heterocycles. The van der Waals surface area contributed by atoms with Crippen LogP contribution in [0.15, 0.2) is 70.5 Å². The zero-order valence-corrected chi connectivity index (χ0v) is 21.0. The number of anilines is 1. The molecule has 0 saturated carbocycles. The molecular weight excluding hydrogens is 493 g/mol. The van der Waals surface area contributed by atoms with Crippen LogP contribution >= 0.6 is 19.1 Å². The molecule has 0 radical (unpaired) electrons. The van der Waals surface area contributed by atoms with Gasteiger partial charge in [0.1, 0.15) is 0 Å². The third kappa shape index (κ3) is 6.50. The van der Waals surface area contributed by atoms with Crippen LogP contribution in [0.5, 0.6) is 0 Å². The van der Waals surface area contributed by atoms with Crippen LogP contribution in [0.2, 0.25) is 0 Å². The molecule has 0 aliphatic rings. The second kappa shape index (κ2) is 12.2. The fourth-order valence-corrected chi connectivity index (χ4v) is 5.03. The Hall–Kier alpha value is -3.60. The van der Waals surface area contributed by atoms with Crippen LogP contribution in [-0.2, 0) is 23.4 Å². The maximum Gasteiger partial charge on any atom is 0.373 e. The summed E-state index contributed by atoms with van der Waals surface area (Å²) < 4.78 is 34.7. The molecule has 0 fully saturated rings. The average Bonchev–Trinajstić information content (AvgIpc) is 3.29. The molecule has 1 atom stereocenters. The van der Waals surface area contributed by atoms with Crippen molar-refractivity contribution in [1.29, 1.82) is 0 Å². The van der Waals surface area contributed by atoms with Crippen molar-refractivity contribution in [3.8, 4) is 5.69 Å². The molecule has 0 amide bonds. The molecule has 11 nitrogen and oxygen atoms in total. The number of hydrazone groups is 1. The number of ether oxygens (including phenoxy) is 2. The predicted octanol–water partition coefficient (Wildman–Crippen LogP) is 3.84. The minimum Gasteiger partial charge on any atom is -0.461 e. The third-order valence-electron chi connectivity index (χ3n) is 4.27. The van der Waals surface area contributed by atoms with E-state index in [0.717, 1.165) is 18.6 Å². The standard InChI is InChI=1S/C22H24N5O6PS/c1-4-32-21(28)18-20(35-27(25-18)17-14-10-7-11-15-17)26-34(30,31-3)19(22(29)33-5-2)24-23-16-12-8-6-9-13-16/h6-15,23H,4-5H2,1-3H3/b24-19+,26-20-. The molecule has 184 valence electrons. The summed E-state index contributed by atoms with van der Waals surface area (Å²) in [5.74, 6) is -1.75. The van der Waals surface area contributed by atoms with Crippen molar-refractivity contribution >= 4 is 42.1 Å². The second-order valence-electron chi connectivity index (χ2n) is 6.61. The van der Waals surface area contributed by atoms with Crippen LogP contribution in [0.25, 0.3) is 5.69 Å². The number of carbonyl (C=O) groups excluding carboxylic acids is 2. The largest absolute Gasteiger partial charge is 0.461 e. The lowest BCUT2D eigenvalue weighted by Crippen LogP contribution is -2.21. The van der Waals surface area contributed by atoms with Gasteiger partial charge in [0.05, 0.1) is 24.6 Å². The van der Waals surface area contributed by atoms with Crippen molar-refractivity contribution in [2.75, 3.05) is 25.7 Å². The molecule has 3 rings (SSSR count). The van der Waals surface area contributed by atoms with Crippen molar-refractivity contribution in [2.45, 2.75) is 13.8 Å². The van der Waals surface area contributed by atoms with Gasteiger partial charge in [0.2, 0.25) is 5.69 Å². The number of nitrogens with one attached hydrogen (secondary N) is 1. The van der Waals surface area contributed by atoms with Crippen molar-refractivity contribution in [2.24, 2.45) is 9.86 Å². The zero-order valence-electron chi connectivity index (χ0n) is 19.3. The number of carbonyl (C=O) groups is 2. The van der Waals surface area contributed by atoms with Crippen molar-refractivity contribution < 1.29 is 28.2 Å². The summed E-state index contributed by atoms with van der Waals surface area (Å²) in [7, 11) is -3.21. The van der Waals surface area contributed by atoms with Crippen molar-refractivity contribution in [3.63, 3.8) is 0 Å². The van der Waals surface area contributed by atoms with E-state index in [0.29, 0.717) is 11.4 Å². The number of rotatable bonds is 10. The molecule has 1 unspecified atom stereocenters. The number of hydrogen-bond donors (Lipinski definition) is 1. The van der Waals surface area contributed by atoms with Crippen LogP contribution < -0.4 is 10.1 Å². The van der Waals surface area contributed by atoms with Gasteiger partial charge in [-0.25, -0.2) is 9.59 Å². The van der Waals surface area contributed by atoms with Gasteiger partial charge in [0.25, 0.3) is 5.45 Å². The van der Waals surface area contributed by atoms with Gasteiger partial charge in [0, 0.05) is 7.11 Å². The van der Waals surface area contributed by atoms with Gasteiger partial charge < -0.3 is 14.0 Å². The van der Waals surface area contributed by atoms with Crippen LogP contribution in [0.3, 0.4) is 0 Å². The second-order valence-corrected chi connectivity index (χ2v) is 9.56. The van der Waals surface area contributed by atoms with Gasteiger partial charge >= 0.3 is 19.5 Å². The van der Waals surface area contributed by atoms with Gasteiger partial charge in [0.15, 0.2) is 4.67 Å². The van der Waals surface area contributed by atoms with Gasteiger partial charge in [-0.2, -0.15) is 13.9 Å². The highest BCUT2D eigenvalue weighted by atomic mass is 32.1. The molecule has 3 aromatic rings. The molecule has 35 heavy (non-hydrogen) atoms. The molecule has 1 aromatic heterocycles. The Morgan fingerprint density at radius 1 is 1.03 bits per heavy atom. The first-order valence-electron chi connectivity index (χ1n) is 10.5. The normalized spacial score (nSPS) is 13.7. The highest BCUT2D eigenvalue weighted by Crippen LogP contribution is 2.49. The average molecular weight is 518 g/mol. The summed E-state index contributed by atoms with van der Waals surface area (Å²) in [6.07, 6.45) is 0. The summed E-state index contributed by atoms with van der Waals surface area (Å²) in [5.41, 5.74) is 3.07. The molecular formula is C22H24N5O6PS. The van der Waals surface area contributed by atoms with E-state index in [4.69, 9.17) is 14.0 Å². The highest BCUT2D eigenvalue weighted by Gasteiger charge is 2.37. The van der Waals surface area contributed by atoms with Gasteiger partial charge in [-0.3, -0.25) is 9.99 Å². The Labute approximate surface area is 205 Å². The minimum absolute atomic E-state index is 0.00947. The predicted molar refractivity (Wildman–Crippen MR) is 132 cm³/mol. The van der Waals surface area contributed by atoms with Gasteiger partial charge in [-0.15, -0.1) is 5.10 Å². The van der Waals surface area contributed by atoms with Crippen LogP contribution in [0, 0.1) is 0 Å². The molecule has 0 spiro atoms. The van der Waals surface area contributed by atoms with Gasteiger partial charge in [-0.1, -0.05) is 36.4 Å². The number of para-hydroxylation sites is 2. The molecule has 0 bridgehead atoms. The fraction of sp³-hybridized carbons (Fsp3) is 0.227. The maximum atomic E-state index is 13.8. The van der Waals surface area contributed by atoms with E-state index < -0.39 is 24.9 Å². The first-order valence-corrected chi connectivity index (χ1v) is 12.9. The number of esters is 2. The molecule has 1 heterocycles. The van der Waals surface area contributed by atoms with E-state index in [1.54, 1.807) is 68.4 Å². The summed E-state index contributed by atoms with van der Waals surface area (Å²) >= 11 is 0.924. The lowest BCUT2D eigenvalue weighted by Gasteiger charge is -2.13. The van der Waals surface area contributed by atoms with Gasteiger partial charge in [-0.05, 0) is 49.6 Å². The molecule has 0 aliphatic heterocycles. The third-order valence-corrected chi connectivity index (χ3v) is 7.11. The first-order chi connectivity index (χ1) is 16.9. The monoisotopic (exact) mass is 517 g/mol. The lowest BCUT2D eigenvalue weighted by atomic mass is 10.3. The SMILES string of the molecule is CCOC(=O)/C(=N\Nc1ccccc1)P(=O)(/N=c1\sn(-c2ccccc2)nc1C(=O)OCC)OC. The van der Waals surface area contributed by atoms with E-state index in [1.165, 1.54) is 4.07 Å². The summed E-state index contributed by atoms with van der Waals surface area (Å²) in [6, 6.07) is 17.7. The minimum atomic E-state index is -4.33. The fourth-order valence-electron chi connectivity index (χ4n) is 2.68. The number of aromatic nitrogens is 2. The van der Waals surface area contributed by atoms with E-state index in [-0.39, 0.29) is 23.6 Å². The van der Waals surface area contributed by atoms with E-state index in [2.05, 4.69) is 20.4 Å². The lowest BCUT2D eigenvalue weighted by molar-refractivity contribution is -0.134. The Balaban J connectivity index is 2.15. The van der Waals surface area contributed by atoms with Crippen LogP contribution in [0.1, 0.15) is 24.3 Å². The smallest absolute Gasteiger partial charge is 0.373 e. The highest BCUT2D eigenvalue weighted by molar-refractivity contribution is 7.78. The molecule has 0 aliphatic carbocycles. The van der Waals surface area contributed by atoms with E-state index in [1.807, 2.05) is 6.07 Å². The first kappa shape index (κ1) is 26.0.